The largest absolute Gasteiger partial charge is 0.310 e. The standard InChI is InChI=1S/C15H19BrClN3/c1-9(2)18-8-12-5-6-13(16)7-14(12)20-11(4)15(17)10(3)19-20/h5-7,9,18H,8H2,1-4H3. The second-order valence-corrected chi connectivity index (χ2v) is 6.50. The zero-order valence-electron chi connectivity index (χ0n) is 12.2. The summed E-state index contributed by atoms with van der Waals surface area (Å²) in [7, 11) is 0. The molecule has 0 radical (unpaired) electrons. The van der Waals surface area contributed by atoms with Crippen LogP contribution in [0.1, 0.15) is 30.8 Å². The molecule has 0 unspecified atom stereocenters. The average Bonchev–Trinajstić information content (AvgIpc) is 2.65. The third-order valence-corrected chi connectivity index (χ3v) is 4.22. The zero-order chi connectivity index (χ0) is 14.9. The molecule has 1 N–H and O–H groups in total. The molecule has 0 fully saturated rings. The van der Waals surface area contributed by atoms with E-state index in [1.807, 2.05) is 24.6 Å². The number of hydrogen-bond donors (Lipinski definition) is 1. The van der Waals surface area contributed by atoms with E-state index in [2.05, 4.69) is 52.3 Å². The number of rotatable bonds is 4. The van der Waals surface area contributed by atoms with Gasteiger partial charge >= 0.3 is 0 Å². The SMILES string of the molecule is Cc1nn(-c2cc(Br)ccc2CNC(C)C)c(C)c1Cl. The van der Waals surface area contributed by atoms with Crippen LogP contribution in [0.2, 0.25) is 5.02 Å². The highest BCUT2D eigenvalue weighted by atomic mass is 79.9. The molecule has 108 valence electrons. The average molecular weight is 357 g/mol. The van der Waals surface area contributed by atoms with Crippen LogP contribution < -0.4 is 5.32 Å². The smallest absolute Gasteiger partial charge is 0.0848 e. The summed E-state index contributed by atoms with van der Waals surface area (Å²) in [6, 6.07) is 6.68. The molecule has 3 nitrogen and oxygen atoms in total. The molecule has 20 heavy (non-hydrogen) atoms. The monoisotopic (exact) mass is 355 g/mol. The summed E-state index contributed by atoms with van der Waals surface area (Å²) in [5.74, 6) is 0. The number of benzene rings is 1. The van der Waals surface area contributed by atoms with E-state index in [4.69, 9.17) is 11.6 Å². The van der Waals surface area contributed by atoms with Crippen molar-refractivity contribution in [2.24, 2.45) is 0 Å². The molecule has 0 spiro atoms. The van der Waals surface area contributed by atoms with Gasteiger partial charge in [-0.2, -0.15) is 5.10 Å². The molecule has 0 amide bonds. The first-order valence-electron chi connectivity index (χ1n) is 6.64. The minimum absolute atomic E-state index is 0.440. The minimum atomic E-state index is 0.440. The molecule has 0 aliphatic rings. The molecule has 0 saturated carbocycles. The first-order chi connectivity index (χ1) is 9.40. The van der Waals surface area contributed by atoms with Crippen LogP contribution >= 0.6 is 27.5 Å². The predicted molar refractivity (Wildman–Crippen MR) is 87.7 cm³/mol. The maximum absolute atomic E-state index is 6.26. The van der Waals surface area contributed by atoms with Crippen molar-refractivity contribution in [1.29, 1.82) is 0 Å². The van der Waals surface area contributed by atoms with E-state index < -0.39 is 0 Å². The van der Waals surface area contributed by atoms with E-state index in [1.54, 1.807) is 0 Å². The molecular weight excluding hydrogens is 338 g/mol. The van der Waals surface area contributed by atoms with Crippen LogP contribution in [0.25, 0.3) is 5.69 Å². The Hall–Kier alpha value is -0.840. The first kappa shape index (κ1) is 15.5. The van der Waals surface area contributed by atoms with Crippen molar-refractivity contribution in [3.63, 3.8) is 0 Å². The highest BCUT2D eigenvalue weighted by molar-refractivity contribution is 9.10. The summed E-state index contributed by atoms with van der Waals surface area (Å²) in [6.45, 7) is 8.99. The number of hydrogen-bond acceptors (Lipinski definition) is 2. The van der Waals surface area contributed by atoms with Gasteiger partial charge in [-0.3, -0.25) is 0 Å². The number of aryl methyl sites for hydroxylation is 1. The lowest BCUT2D eigenvalue weighted by Gasteiger charge is -2.14. The van der Waals surface area contributed by atoms with Gasteiger partial charge in [-0.25, -0.2) is 4.68 Å². The molecule has 0 bridgehead atoms. The summed E-state index contributed by atoms with van der Waals surface area (Å²) in [5, 5.41) is 8.72. The van der Waals surface area contributed by atoms with Crippen molar-refractivity contribution in [2.45, 2.75) is 40.3 Å². The van der Waals surface area contributed by atoms with Crippen LogP contribution in [-0.4, -0.2) is 15.8 Å². The Kier molecular flexibility index (Phi) is 4.89. The number of halogens is 2. The summed E-state index contributed by atoms with van der Waals surface area (Å²) >= 11 is 9.79. The molecule has 0 aliphatic heterocycles. The fourth-order valence-corrected chi connectivity index (χ4v) is 2.52. The van der Waals surface area contributed by atoms with Crippen LogP contribution in [0, 0.1) is 13.8 Å². The minimum Gasteiger partial charge on any atom is -0.310 e. The van der Waals surface area contributed by atoms with Crippen LogP contribution in [0.3, 0.4) is 0 Å². The molecule has 2 rings (SSSR count). The number of nitrogens with one attached hydrogen (secondary N) is 1. The maximum Gasteiger partial charge on any atom is 0.0848 e. The van der Waals surface area contributed by atoms with Crippen LogP contribution in [0.4, 0.5) is 0 Å². The number of nitrogens with zero attached hydrogens (tertiary/aromatic N) is 2. The van der Waals surface area contributed by atoms with E-state index in [-0.39, 0.29) is 0 Å². The van der Waals surface area contributed by atoms with E-state index in [1.165, 1.54) is 5.56 Å². The molecular formula is C15H19BrClN3. The number of aromatic nitrogens is 2. The van der Waals surface area contributed by atoms with Crippen molar-refractivity contribution < 1.29 is 0 Å². The lowest BCUT2D eigenvalue weighted by molar-refractivity contribution is 0.586. The van der Waals surface area contributed by atoms with E-state index in [0.29, 0.717) is 6.04 Å². The van der Waals surface area contributed by atoms with Crippen LogP contribution in [-0.2, 0) is 6.54 Å². The Morgan fingerprint density at radius 1 is 1.35 bits per heavy atom. The third kappa shape index (κ3) is 3.25. The third-order valence-electron chi connectivity index (χ3n) is 3.18. The van der Waals surface area contributed by atoms with Crippen molar-refractivity contribution in [2.75, 3.05) is 0 Å². The van der Waals surface area contributed by atoms with Gasteiger partial charge in [0.25, 0.3) is 0 Å². The summed E-state index contributed by atoms with van der Waals surface area (Å²) < 4.78 is 2.95. The lowest BCUT2D eigenvalue weighted by atomic mass is 10.1. The summed E-state index contributed by atoms with van der Waals surface area (Å²) in [5.41, 5.74) is 4.07. The zero-order valence-corrected chi connectivity index (χ0v) is 14.5. The lowest BCUT2D eigenvalue weighted by Crippen LogP contribution is -2.22. The molecule has 0 aliphatic carbocycles. The van der Waals surface area contributed by atoms with Gasteiger partial charge in [0.15, 0.2) is 0 Å². The second-order valence-electron chi connectivity index (χ2n) is 5.21. The fourth-order valence-electron chi connectivity index (χ4n) is 2.06. The maximum atomic E-state index is 6.26. The highest BCUT2D eigenvalue weighted by Gasteiger charge is 2.14. The second kappa shape index (κ2) is 6.29. The van der Waals surface area contributed by atoms with Gasteiger partial charge in [-0.1, -0.05) is 47.4 Å². The van der Waals surface area contributed by atoms with Gasteiger partial charge in [-0.15, -0.1) is 0 Å². The predicted octanol–water partition coefficient (Wildman–Crippen LogP) is 4.40. The molecule has 2 aromatic rings. The highest BCUT2D eigenvalue weighted by Crippen LogP contribution is 2.26. The van der Waals surface area contributed by atoms with Crippen molar-refractivity contribution in [1.82, 2.24) is 15.1 Å². The Morgan fingerprint density at radius 2 is 2.05 bits per heavy atom. The quantitative estimate of drug-likeness (QED) is 0.879. The molecule has 1 aromatic carbocycles. The Labute approximate surface area is 133 Å². The van der Waals surface area contributed by atoms with Crippen molar-refractivity contribution >= 4 is 27.5 Å². The Balaban J connectivity index is 2.48. The summed E-state index contributed by atoms with van der Waals surface area (Å²) in [6.07, 6.45) is 0. The van der Waals surface area contributed by atoms with Gasteiger partial charge in [0, 0.05) is 17.1 Å². The van der Waals surface area contributed by atoms with Gasteiger partial charge < -0.3 is 5.32 Å². The molecule has 0 saturated heterocycles. The van der Waals surface area contributed by atoms with Crippen LogP contribution in [0.5, 0.6) is 0 Å². The summed E-state index contributed by atoms with van der Waals surface area (Å²) in [4.78, 5) is 0. The van der Waals surface area contributed by atoms with E-state index >= 15 is 0 Å². The van der Waals surface area contributed by atoms with Gasteiger partial charge in [0.05, 0.1) is 22.1 Å². The van der Waals surface area contributed by atoms with E-state index in [9.17, 15) is 0 Å². The van der Waals surface area contributed by atoms with E-state index in [0.717, 1.165) is 33.1 Å². The Morgan fingerprint density at radius 3 is 2.60 bits per heavy atom. The molecule has 5 heteroatoms. The van der Waals surface area contributed by atoms with Gasteiger partial charge in [0.2, 0.25) is 0 Å². The Bertz CT molecular complexity index is 620. The van der Waals surface area contributed by atoms with Crippen molar-refractivity contribution in [3.05, 3.63) is 44.6 Å². The van der Waals surface area contributed by atoms with Gasteiger partial charge in [0.1, 0.15) is 0 Å². The van der Waals surface area contributed by atoms with Crippen molar-refractivity contribution in [3.8, 4) is 5.69 Å². The van der Waals surface area contributed by atoms with Crippen LogP contribution in [0.15, 0.2) is 22.7 Å². The topological polar surface area (TPSA) is 29.9 Å². The molecule has 1 heterocycles. The normalized spacial score (nSPS) is 11.3. The molecule has 0 atom stereocenters. The van der Waals surface area contributed by atoms with Gasteiger partial charge in [-0.05, 0) is 31.5 Å². The molecule has 1 aromatic heterocycles. The fraction of sp³-hybridized carbons (Fsp3) is 0.400. The first-order valence-corrected chi connectivity index (χ1v) is 7.81.